The second-order valence-corrected chi connectivity index (χ2v) is 7.55. The van der Waals surface area contributed by atoms with E-state index >= 15 is 0 Å². The molecule has 1 atom stereocenters. The first kappa shape index (κ1) is 21.6. The van der Waals surface area contributed by atoms with Crippen LogP contribution in [-0.4, -0.2) is 36.2 Å². The summed E-state index contributed by atoms with van der Waals surface area (Å²) < 4.78 is 5.29. The van der Waals surface area contributed by atoms with Gasteiger partial charge < -0.3 is 10.1 Å². The topological polar surface area (TPSA) is 71.0 Å². The van der Waals surface area contributed by atoms with Crippen molar-refractivity contribution in [2.75, 3.05) is 13.7 Å². The van der Waals surface area contributed by atoms with Crippen molar-refractivity contribution in [1.29, 1.82) is 0 Å². The van der Waals surface area contributed by atoms with E-state index < -0.39 is 0 Å². The standard InChI is InChI=1S/C24H29N3O3/c1-5-21-20(24(29)27(26-21)15-19-9-7-6-8-16(19)2)12-13-25-23(28)18-11-10-17(3)22(14-18)30-4/h6-11,14,20H,5,12-13,15H2,1-4H3,(H,25,28)/t20-/m1/s1. The van der Waals surface area contributed by atoms with E-state index in [-0.39, 0.29) is 17.7 Å². The third-order valence-electron chi connectivity index (χ3n) is 5.54. The molecule has 0 fully saturated rings. The van der Waals surface area contributed by atoms with E-state index in [1.807, 2.05) is 51.1 Å². The molecule has 1 N–H and O–H groups in total. The van der Waals surface area contributed by atoms with E-state index in [0.29, 0.717) is 37.2 Å². The van der Waals surface area contributed by atoms with E-state index in [9.17, 15) is 9.59 Å². The van der Waals surface area contributed by atoms with Gasteiger partial charge in [0.25, 0.3) is 11.8 Å². The summed E-state index contributed by atoms with van der Waals surface area (Å²) in [5.74, 6) is 0.222. The van der Waals surface area contributed by atoms with Gasteiger partial charge in [-0.25, -0.2) is 5.01 Å². The fourth-order valence-electron chi connectivity index (χ4n) is 3.66. The van der Waals surface area contributed by atoms with Crippen LogP contribution in [0.25, 0.3) is 0 Å². The number of hydrogen-bond donors (Lipinski definition) is 1. The zero-order valence-electron chi connectivity index (χ0n) is 18.1. The van der Waals surface area contributed by atoms with E-state index in [1.54, 1.807) is 24.3 Å². The maximum Gasteiger partial charge on any atom is 0.251 e. The molecule has 2 aromatic carbocycles. The predicted molar refractivity (Wildman–Crippen MR) is 118 cm³/mol. The molecule has 0 spiro atoms. The summed E-state index contributed by atoms with van der Waals surface area (Å²) in [7, 11) is 1.59. The molecule has 3 rings (SSSR count). The second kappa shape index (κ2) is 9.57. The smallest absolute Gasteiger partial charge is 0.251 e. The lowest BCUT2D eigenvalue weighted by molar-refractivity contribution is -0.132. The van der Waals surface area contributed by atoms with Crippen LogP contribution >= 0.6 is 0 Å². The number of nitrogens with zero attached hydrogens (tertiary/aromatic N) is 2. The zero-order chi connectivity index (χ0) is 21.7. The zero-order valence-corrected chi connectivity index (χ0v) is 18.1. The molecule has 0 unspecified atom stereocenters. The number of nitrogens with one attached hydrogen (secondary N) is 1. The average molecular weight is 408 g/mol. The number of hydrogen-bond acceptors (Lipinski definition) is 4. The lowest BCUT2D eigenvalue weighted by Crippen LogP contribution is -2.32. The Morgan fingerprint density at radius 3 is 2.63 bits per heavy atom. The van der Waals surface area contributed by atoms with Crippen LogP contribution in [0, 0.1) is 19.8 Å². The van der Waals surface area contributed by atoms with E-state index in [1.165, 1.54) is 0 Å². The van der Waals surface area contributed by atoms with Crippen molar-refractivity contribution in [3.63, 3.8) is 0 Å². The molecular weight excluding hydrogens is 378 g/mol. The van der Waals surface area contributed by atoms with E-state index in [2.05, 4.69) is 10.4 Å². The Morgan fingerprint density at radius 2 is 1.93 bits per heavy atom. The first-order valence-electron chi connectivity index (χ1n) is 10.3. The van der Waals surface area contributed by atoms with Gasteiger partial charge in [0.05, 0.1) is 25.3 Å². The van der Waals surface area contributed by atoms with E-state index in [4.69, 9.17) is 4.74 Å². The highest BCUT2D eigenvalue weighted by molar-refractivity contribution is 6.07. The van der Waals surface area contributed by atoms with E-state index in [0.717, 1.165) is 22.4 Å². The van der Waals surface area contributed by atoms with Crippen LogP contribution in [0.5, 0.6) is 5.75 Å². The van der Waals surface area contributed by atoms with Crippen LogP contribution in [0.4, 0.5) is 0 Å². The summed E-state index contributed by atoms with van der Waals surface area (Å²) in [5.41, 5.74) is 4.62. The molecule has 2 amide bonds. The summed E-state index contributed by atoms with van der Waals surface area (Å²) >= 11 is 0. The molecule has 6 heteroatoms. The van der Waals surface area contributed by atoms with Gasteiger partial charge in [-0.05, 0) is 55.5 Å². The average Bonchev–Trinajstić information content (AvgIpc) is 3.04. The first-order chi connectivity index (χ1) is 14.4. The maximum atomic E-state index is 12.9. The van der Waals surface area contributed by atoms with Crippen molar-refractivity contribution in [2.24, 2.45) is 11.0 Å². The molecule has 0 aliphatic carbocycles. The molecule has 0 saturated heterocycles. The predicted octanol–water partition coefficient (Wildman–Crippen LogP) is 3.86. The largest absolute Gasteiger partial charge is 0.496 e. The Morgan fingerprint density at radius 1 is 1.17 bits per heavy atom. The van der Waals surface area contributed by atoms with Crippen molar-refractivity contribution in [2.45, 2.75) is 40.2 Å². The van der Waals surface area contributed by atoms with Gasteiger partial charge in [-0.3, -0.25) is 9.59 Å². The van der Waals surface area contributed by atoms with Gasteiger partial charge in [0, 0.05) is 12.1 Å². The van der Waals surface area contributed by atoms with Crippen LogP contribution in [0.2, 0.25) is 0 Å². The molecule has 0 bridgehead atoms. The van der Waals surface area contributed by atoms with Crippen molar-refractivity contribution >= 4 is 17.5 Å². The SMILES string of the molecule is CCC1=NN(Cc2ccccc2C)C(=O)[C@@H]1CCNC(=O)c1ccc(C)c(OC)c1. The molecule has 30 heavy (non-hydrogen) atoms. The first-order valence-corrected chi connectivity index (χ1v) is 10.3. The van der Waals surface area contributed by atoms with Crippen LogP contribution in [0.3, 0.4) is 0 Å². The van der Waals surface area contributed by atoms with Gasteiger partial charge in [-0.1, -0.05) is 37.3 Å². The monoisotopic (exact) mass is 407 g/mol. The molecule has 1 aliphatic rings. The minimum absolute atomic E-state index is 0.00126. The second-order valence-electron chi connectivity index (χ2n) is 7.55. The van der Waals surface area contributed by atoms with Crippen molar-refractivity contribution in [1.82, 2.24) is 10.3 Å². The van der Waals surface area contributed by atoms with Gasteiger partial charge in [0.1, 0.15) is 5.75 Å². The lowest BCUT2D eigenvalue weighted by atomic mass is 9.97. The maximum absolute atomic E-state index is 12.9. The molecule has 158 valence electrons. The third kappa shape index (κ3) is 4.70. The Bertz CT molecular complexity index is 968. The van der Waals surface area contributed by atoms with Gasteiger partial charge in [-0.15, -0.1) is 0 Å². The summed E-state index contributed by atoms with van der Waals surface area (Å²) in [4.78, 5) is 25.4. The molecule has 1 heterocycles. The lowest BCUT2D eigenvalue weighted by Gasteiger charge is -2.16. The molecule has 0 aromatic heterocycles. The minimum Gasteiger partial charge on any atom is -0.496 e. The quantitative estimate of drug-likeness (QED) is 0.722. The van der Waals surface area contributed by atoms with Gasteiger partial charge in [-0.2, -0.15) is 5.10 Å². The van der Waals surface area contributed by atoms with Crippen LogP contribution in [0.15, 0.2) is 47.6 Å². The number of carbonyl (C=O) groups is 2. The number of ether oxygens (including phenoxy) is 1. The number of rotatable bonds is 8. The molecule has 2 aromatic rings. The van der Waals surface area contributed by atoms with Crippen molar-refractivity contribution in [3.05, 3.63) is 64.7 Å². The number of aryl methyl sites for hydroxylation is 2. The Hall–Kier alpha value is -3.15. The molecule has 1 aliphatic heterocycles. The number of carbonyl (C=O) groups excluding carboxylic acids is 2. The number of benzene rings is 2. The number of hydrazone groups is 1. The van der Waals surface area contributed by atoms with Gasteiger partial charge >= 0.3 is 0 Å². The van der Waals surface area contributed by atoms with Crippen molar-refractivity contribution in [3.8, 4) is 5.75 Å². The summed E-state index contributed by atoms with van der Waals surface area (Å²) in [6, 6.07) is 13.4. The van der Waals surface area contributed by atoms with Gasteiger partial charge in [0.2, 0.25) is 0 Å². The molecule has 6 nitrogen and oxygen atoms in total. The fraction of sp³-hybridized carbons (Fsp3) is 0.375. The van der Waals surface area contributed by atoms with Crippen LogP contribution in [-0.2, 0) is 11.3 Å². The molecular formula is C24H29N3O3. The van der Waals surface area contributed by atoms with Crippen LogP contribution in [0.1, 0.15) is 46.8 Å². The number of methoxy groups -OCH3 is 1. The third-order valence-corrected chi connectivity index (χ3v) is 5.54. The highest BCUT2D eigenvalue weighted by Crippen LogP contribution is 2.24. The van der Waals surface area contributed by atoms with Crippen LogP contribution < -0.4 is 10.1 Å². The Balaban J connectivity index is 1.60. The Labute approximate surface area is 177 Å². The highest BCUT2D eigenvalue weighted by atomic mass is 16.5. The number of amides is 2. The fourth-order valence-corrected chi connectivity index (χ4v) is 3.66. The van der Waals surface area contributed by atoms with Gasteiger partial charge in [0.15, 0.2) is 0 Å². The normalized spacial score (nSPS) is 15.9. The molecule has 0 saturated carbocycles. The van der Waals surface area contributed by atoms with Crippen molar-refractivity contribution < 1.29 is 14.3 Å². The summed E-state index contributed by atoms with van der Waals surface area (Å²) in [6.07, 6.45) is 1.24. The molecule has 0 radical (unpaired) electrons. The highest BCUT2D eigenvalue weighted by Gasteiger charge is 2.34. The summed E-state index contributed by atoms with van der Waals surface area (Å²) in [6.45, 7) is 6.85. The minimum atomic E-state index is -0.285. The Kier molecular flexibility index (Phi) is 6.87. The summed E-state index contributed by atoms with van der Waals surface area (Å²) in [5, 5.41) is 9.05.